The molecule has 0 bridgehead atoms. The average Bonchev–Trinajstić information content (AvgIpc) is 3.34. The molecule has 0 aromatic carbocycles. The maximum Gasteiger partial charge on any atom is 0.306 e. The molecule has 68 heavy (non-hydrogen) atoms. The first kappa shape index (κ1) is 64.8. The third-order valence-corrected chi connectivity index (χ3v) is 12.5. The van der Waals surface area contributed by atoms with Crippen molar-refractivity contribution in [3.63, 3.8) is 0 Å². The molecule has 1 unspecified atom stereocenters. The number of rotatable bonds is 52. The lowest BCUT2D eigenvalue weighted by atomic mass is 10.0. The van der Waals surface area contributed by atoms with Crippen LogP contribution in [-0.2, 0) is 28.6 Å². The fourth-order valence-corrected chi connectivity index (χ4v) is 8.15. The van der Waals surface area contributed by atoms with Crippen LogP contribution in [0, 0.1) is 0 Å². The Morgan fingerprint density at radius 1 is 0.309 bits per heavy atom. The lowest BCUT2D eigenvalue weighted by molar-refractivity contribution is -0.167. The zero-order valence-corrected chi connectivity index (χ0v) is 44.9. The highest BCUT2D eigenvalue weighted by molar-refractivity contribution is 5.71. The Morgan fingerprint density at radius 3 is 0.897 bits per heavy atom. The monoisotopic (exact) mass is 949 g/mol. The average molecular weight is 950 g/mol. The predicted octanol–water partition coefficient (Wildman–Crippen LogP) is 19.4. The van der Waals surface area contributed by atoms with Gasteiger partial charge in [0.25, 0.3) is 0 Å². The minimum absolute atomic E-state index is 0.0728. The highest BCUT2D eigenvalue weighted by Crippen LogP contribution is 2.16. The van der Waals surface area contributed by atoms with Crippen LogP contribution >= 0.6 is 0 Å². The summed E-state index contributed by atoms with van der Waals surface area (Å²) in [6.07, 6.45) is 72.3. The van der Waals surface area contributed by atoms with Crippen LogP contribution < -0.4 is 0 Å². The maximum atomic E-state index is 12.7. The molecule has 0 spiro atoms. The minimum atomic E-state index is -0.768. The largest absolute Gasteiger partial charge is 0.462 e. The molecule has 0 aliphatic heterocycles. The SMILES string of the molecule is CC/C=C\C/C=C\C/C=C\C/C=C\C/C=C\C/C=C\CCCCCCCCCCCCCCC(=O)OCC(COC(=O)CCCCCCC)OC(=O)CCCCCCCCCCCCCCCC. The minimum Gasteiger partial charge on any atom is -0.462 e. The van der Waals surface area contributed by atoms with Gasteiger partial charge in [0.1, 0.15) is 13.2 Å². The fourth-order valence-electron chi connectivity index (χ4n) is 8.15. The molecule has 0 N–H and O–H groups in total. The second-order valence-electron chi connectivity index (χ2n) is 19.2. The van der Waals surface area contributed by atoms with E-state index in [0.29, 0.717) is 19.3 Å². The Labute approximate surface area is 421 Å². The quantitative estimate of drug-likeness (QED) is 0.0262. The molecule has 0 amide bonds. The van der Waals surface area contributed by atoms with Gasteiger partial charge in [0.15, 0.2) is 6.10 Å². The molecular weight excluding hydrogens is 841 g/mol. The molecule has 0 aromatic rings. The van der Waals surface area contributed by atoms with Crippen LogP contribution in [0.2, 0.25) is 0 Å². The fraction of sp³-hybridized carbons (Fsp3) is 0.758. The van der Waals surface area contributed by atoms with Crippen molar-refractivity contribution in [2.75, 3.05) is 13.2 Å². The van der Waals surface area contributed by atoms with E-state index in [1.54, 1.807) is 0 Å². The van der Waals surface area contributed by atoms with Gasteiger partial charge in [0.05, 0.1) is 0 Å². The van der Waals surface area contributed by atoms with E-state index in [-0.39, 0.29) is 31.1 Å². The highest BCUT2D eigenvalue weighted by Gasteiger charge is 2.19. The van der Waals surface area contributed by atoms with Gasteiger partial charge in [0, 0.05) is 19.3 Å². The van der Waals surface area contributed by atoms with Crippen molar-refractivity contribution in [2.45, 2.75) is 290 Å². The number of carbonyl (C=O) groups is 3. The normalized spacial score (nSPS) is 12.6. The van der Waals surface area contributed by atoms with Crippen LogP contribution in [0.5, 0.6) is 0 Å². The molecule has 0 radical (unpaired) electrons. The van der Waals surface area contributed by atoms with Gasteiger partial charge in [-0.1, -0.05) is 267 Å². The summed E-state index contributed by atoms with van der Waals surface area (Å²) in [7, 11) is 0. The number of carbonyl (C=O) groups excluding carboxylic acids is 3. The first-order valence-corrected chi connectivity index (χ1v) is 28.9. The van der Waals surface area contributed by atoms with Crippen molar-refractivity contribution in [3.8, 4) is 0 Å². The lowest BCUT2D eigenvalue weighted by Gasteiger charge is -2.18. The van der Waals surface area contributed by atoms with Crippen LogP contribution in [0.1, 0.15) is 284 Å². The number of ether oxygens (including phenoxy) is 3. The molecule has 0 aliphatic rings. The van der Waals surface area contributed by atoms with E-state index in [4.69, 9.17) is 14.2 Å². The lowest BCUT2D eigenvalue weighted by Crippen LogP contribution is -2.30. The van der Waals surface area contributed by atoms with Gasteiger partial charge in [-0.25, -0.2) is 0 Å². The van der Waals surface area contributed by atoms with Crippen LogP contribution in [0.25, 0.3) is 0 Å². The Kier molecular flexibility index (Phi) is 53.8. The molecule has 0 aliphatic carbocycles. The van der Waals surface area contributed by atoms with E-state index in [0.717, 1.165) is 103 Å². The first-order valence-electron chi connectivity index (χ1n) is 28.9. The van der Waals surface area contributed by atoms with E-state index < -0.39 is 6.10 Å². The Morgan fingerprint density at radius 2 is 0.574 bits per heavy atom. The number of hydrogen-bond acceptors (Lipinski definition) is 6. The number of hydrogen-bond donors (Lipinski definition) is 0. The van der Waals surface area contributed by atoms with E-state index in [1.165, 1.54) is 141 Å². The van der Waals surface area contributed by atoms with Crippen LogP contribution in [0.4, 0.5) is 0 Å². The standard InChI is InChI=1S/C62H108O6/c1-4-7-10-13-15-17-19-21-23-24-25-26-27-28-29-30-31-32-33-34-35-36-37-38-39-41-42-44-46-49-52-55-61(64)67-58-59(57-66-60(63)54-51-48-12-9-6-3)68-62(65)56-53-50-47-45-43-40-22-20-18-16-14-11-8-5-2/h7,10,15,17,21,23,25-26,28-29,31-32,59H,4-6,8-9,11-14,16,18-20,22,24,27,30,33-58H2,1-3H3/b10-7-,17-15-,23-21-,26-25-,29-28-,32-31-. The Balaban J connectivity index is 4.00. The summed E-state index contributed by atoms with van der Waals surface area (Å²) in [5.41, 5.74) is 0. The third-order valence-electron chi connectivity index (χ3n) is 12.5. The van der Waals surface area contributed by atoms with E-state index in [2.05, 4.69) is 93.7 Å². The maximum absolute atomic E-state index is 12.7. The third kappa shape index (κ3) is 53.8. The molecular formula is C62H108O6. The summed E-state index contributed by atoms with van der Waals surface area (Å²) in [6, 6.07) is 0. The van der Waals surface area contributed by atoms with Gasteiger partial charge in [-0.3, -0.25) is 14.4 Å². The van der Waals surface area contributed by atoms with Gasteiger partial charge in [-0.2, -0.15) is 0 Å². The molecule has 0 aromatic heterocycles. The summed E-state index contributed by atoms with van der Waals surface area (Å²) in [4.78, 5) is 37.7. The topological polar surface area (TPSA) is 78.9 Å². The first-order chi connectivity index (χ1) is 33.5. The highest BCUT2D eigenvalue weighted by atomic mass is 16.6. The van der Waals surface area contributed by atoms with Gasteiger partial charge in [0.2, 0.25) is 0 Å². The zero-order chi connectivity index (χ0) is 49.3. The van der Waals surface area contributed by atoms with Crippen molar-refractivity contribution >= 4 is 17.9 Å². The summed E-state index contributed by atoms with van der Waals surface area (Å²) >= 11 is 0. The molecule has 6 heteroatoms. The molecule has 0 saturated carbocycles. The van der Waals surface area contributed by atoms with Gasteiger partial charge >= 0.3 is 17.9 Å². The number of allylic oxidation sites excluding steroid dienone is 12. The Hall–Kier alpha value is -3.15. The molecule has 0 heterocycles. The molecule has 0 rings (SSSR count). The van der Waals surface area contributed by atoms with Crippen LogP contribution in [0.15, 0.2) is 72.9 Å². The summed E-state index contributed by atoms with van der Waals surface area (Å²) < 4.78 is 16.7. The van der Waals surface area contributed by atoms with Crippen molar-refractivity contribution in [1.82, 2.24) is 0 Å². The molecule has 6 nitrogen and oxygen atoms in total. The van der Waals surface area contributed by atoms with Gasteiger partial charge < -0.3 is 14.2 Å². The van der Waals surface area contributed by atoms with E-state index >= 15 is 0 Å². The molecule has 392 valence electrons. The summed E-state index contributed by atoms with van der Waals surface area (Å²) in [5, 5.41) is 0. The zero-order valence-electron chi connectivity index (χ0n) is 44.9. The summed E-state index contributed by atoms with van der Waals surface area (Å²) in [6.45, 7) is 6.46. The number of esters is 3. The molecule has 0 fully saturated rings. The number of unbranched alkanes of at least 4 members (excludes halogenated alkanes) is 29. The smallest absolute Gasteiger partial charge is 0.306 e. The second kappa shape index (κ2) is 56.4. The van der Waals surface area contributed by atoms with Crippen molar-refractivity contribution < 1.29 is 28.6 Å². The van der Waals surface area contributed by atoms with Gasteiger partial charge in [-0.15, -0.1) is 0 Å². The molecule has 1 atom stereocenters. The van der Waals surface area contributed by atoms with Gasteiger partial charge in [-0.05, 0) is 70.6 Å². The van der Waals surface area contributed by atoms with E-state index in [9.17, 15) is 14.4 Å². The van der Waals surface area contributed by atoms with E-state index in [1.807, 2.05) is 0 Å². The summed E-state index contributed by atoms with van der Waals surface area (Å²) in [5.74, 6) is -0.879. The second-order valence-corrected chi connectivity index (χ2v) is 19.2. The predicted molar refractivity (Wildman–Crippen MR) is 293 cm³/mol. The Bertz CT molecular complexity index is 1270. The molecule has 0 saturated heterocycles. The van der Waals surface area contributed by atoms with Crippen molar-refractivity contribution in [2.24, 2.45) is 0 Å². The van der Waals surface area contributed by atoms with Crippen molar-refractivity contribution in [3.05, 3.63) is 72.9 Å². The van der Waals surface area contributed by atoms with Crippen LogP contribution in [0.3, 0.4) is 0 Å². The van der Waals surface area contributed by atoms with Crippen molar-refractivity contribution in [1.29, 1.82) is 0 Å². The van der Waals surface area contributed by atoms with Crippen LogP contribution in [-0.4, -0.2) is 37.2 Å².